The lowest BCUT2D eigenvalue weighted by molar-refractivity contribution is -0.147. The maximum absolute atomic E-state index is 13.6. The Kier molecular flexibility index (Phi) is 6.05. The van der Waals surface area contributed by atoms with Crippen LogP contribution >= 0.6 is 15.9 Å². The predicted octanol–water partition coefficient (Wildman–Crippen LogP) is 5.14. The minimum Gasteiger partial charge on any atom is -0.456 e. The van der Waals surface area contributed by atoms with E-state index in [-0.39, 0.29) is 18.1 Å². The van der Waals surface area contributed by atoms with Crippen LogP contribution in [0.5, 0.6) is 0 Å². The molecule has 2 amide bonds. The molecule has 0 spiro atoms. The fraction of sp³-hybridized carbons (Fsp3) is 0.286. The number of hydrogen-bond acceptors (Lipinski definition) is 5. The Bertz CT molecular complexity index is 1330. The first kappa shape index (κ1) is 23.4. The molecular weight excluding hydrogens is 510 g/mol. The van der Waals surface area contributed by atoms with E-state index in [1.807, 2.05) is 26.0 Å². The van der Waals surface area contributed by atoms with Crippen molar-refractivity contribution in [1.29, 1.82) is 0 Å². The highest BCUT2D eigenvalue weighted by molar-refractivity contribution is 9.10. The molecule has 178 valence electrons. The summed E-state index contributed by atoms with van der Waals surface area (Å²) in [5.41, 5.74) is 3.53. The minimum atomic E-state index is -1.12. The molecule has 5 rings (SSSR count). The third kappa shape index (κ3) is 4.08. The first-order chi connectivity index (χ1) is 16.8. The number of ketones is 1. The average molecular weight is 534 g/mol. The Morgan fingerprint density at radius 2 is 1.46 bits per heavy atom. The summed E-state index contributed by atoms with van der Waals surface area (Å²) in [7, 11) is 0. The molecule has 35 heavy (non-hydrogen) atoms. The van der Waals surface area contributed by atoms with Gasteiger partial charge in [0.15, 0.2) is 12.4 Å². The van der Waals surface area contributed by atoms with Crippen molar-refractivity contribution in [3.05, 3.63) is 80.8 Å². The number of nitrogens with zero attached hydrogens (tertiary/aromatic N) is 1. The van der Waals surface area contributed by atoms with Crippen LogP contribution in [-0.2, 0) is 22.4 Å². The van der Waals surface area contributed by atoms with Gasteiger partial charge in [0.05, 0.1) is 0 Å². The highest BCUT2D eigenvalue weighted by Gasteiger charge is 2.42. The number of Topliss-reactive ketones (excluding diaryl/α,β-unsaturated/α-hetero) is 1. The van der Waals surface area contributed by atoms with Gasteiger partial charge in [0.25, 0.3) is 11.8 Å². The highest BCUT2D eigenvalue weighted by atomic mass is 79.9. The van der Waals surface area contributed by atoms with E-state index >= 15 is 0 Å². The fourth-order valence-corrected chi connectivity index (χ4v) is 5.29. The van der Waals surface area contributed by atoms with Crippen LogP contribution in [0.3, 0.4) is 0 Å². The van der Waals surface area contributed by atoms with Crippen LogP contribution in [0.1, 0.15) is 62.5 Å². The molecule has 2 aliphatic rings. The SMILES string of the molecule is CC(C)C[C@H](C(=O)OCC(=O)c1ccc(Br)cc1)N1C(=O)c2ccc3c4c(ccc(c24)C1=O)CC3. The molecule has 3 aromatic carbocycles. The fourth-order valence-electron chi connectivity index (χ4n) is 5.03. The number of halogens is 1. The van der Waals surface area contributed by atoms with Gasteiger partial charge in [-0.1, -0.05) is 54.0 Å². The molecule has 0 fully saturated rings. The number of esters is 1. The van der Waals surface area contributed by atoms with Crippen molar-refractivity contribution >= 4 is 50.3 Å². The molecule has 0 radical (unpaired) electrons. The van der Waals surface area contributed by atoms with Crippen LogP contribution in [0.25, 0.3) is 10.8 Å². The van der Waals surface area contributed by atoms with Crippen molar-refractivity contribution in [1.82, 2.24) is 4.90 Å². The van der Waals surface area contributed by atoms with Gasteiger partial charge in [0, 0.05) is 26.5 Å². The van der Waals surface area contributed by atoms with E-state index in [1.54, 1.807) is 36.4 Å². The minimum absolute atomic E-state index is 0.00331. The van der Waals surface area contributed by atoms with E-state index < -0.39 is 30.4 Å². The van der Waals surface area contributed by atoms with Crippen LogP contribution < -0.4 is 0 Å². The van der Waals surface area contributed by atoms with Gasteiger partial charge >= 0.3 is 5.97 Å². The molecule has 7 heteroatoms. The molecule has 1 aliphatic heterocycles. The van der Waals surface area contributed by atoms with Gasteiger partial charge in [-0.3, -0.25) is 19.3 Å². The lowest BCUT2D eigenvalue weighted by Crippen LogP contribution is -2.51. The third-order valence-corrected chi connectivity index (χ3v) is 7.21. The standard InChI is InChI=1S/C28H24BrNO5/c1-15(2)13-22(28(34)35-14-23(31)16-5-9-19(29)10-6-16)30-26(32)20-11-7-17-3-4-18-8-12-21(27(30)33)25(20)24(17)18/h5-12,15,22H,3-4,13-14H2,1-2H3/t22-/m1/s1. The van der Waals surface area contributed by atoms with Crippen LogP contribution in [-0.4, -0.2) is 41.1 Å². The lowest BCUT2D eigenvalue weighted by Gasteiger charge is -2.33. The van der Waals surface area contributed by atoms with E-state index in [9.17, 15) is 19.2 Å². The lowest BCUT2D eigenvalue weighted by atomic mass is 9.89. The Hall–Kier alpha value is -3.32. The summed E-state index contributed by atoms with van der Waals surface area (Å²) in [6, 6.07) is 13.0. The van der Waals surface area contributed by atoms with E-state index in [2.05, 4.69) is 15.9 Å². The molecule has 0 bridgehead atoms. The molecule has 0 saturated carbocycles. The average Bonchev–Trinajstić information content (AvgIpc) is 3.26. The van der Waals surface area contributed by atoms with Gasteiger partial charge in [0.2, 0.25) is 0 Å². The second-order valence-corrected chi connectivity index (χ2v) is 10.4. The summed E-state index contributed by atoms with van der Waals surface area (Å²) in [5.74, 6) is -2.12. The third-order valence-electron chi connectivity index (χ3n) is 6.69. The number of carbonyl (C=O) groups is 4. The van der Waals surface area contributed by atoms with Crippen molar-refractivity contribution in [2.45, 2.75) is 39.2 Å². The molecule has 0 N–H and O–H groups in total. The zero-order valence-electron chi connectivity index (χ0n) is 19.5. The topological polar surface area (TPSA) is 80.8 Å². The number of ether oxygens (including phenoxy) is 1. The smallest absolute Gasteiger partial charge is 0.329 e. The normalized spacial score (nSPS) is 15.1. The Morgan fingerprint density at radius 1 is 0.886 bits per heavy atom. The van der Waals surface area contributed by atoms with E-state index in [0.29, 0.717) is 22.1 Å². The number of imide groups is 1. The summed E-state index contributed by atoms with van der Waals surface area (Å²) >= 11 is 3.32. The zero-order valence-corrected chi connectivity index (χ0v) is 21.1. The molecule has 1 atom stereocenters. The second kappa shape index (κ2) is 9.04. The van der Waals surface area contributed by atoms with Crippen molar-refractivity contribution in [3.63, 3.8) is 0 Å². The summed E-state index contributed by atoms with van der Waals surface area (Å²) in [6.45, 7) is 3.34. The van der Waals surface area contributed by atoms with Gasteiger partial charge in [-0.05, 0) is 66.0 Å². The Balaban J connectivity index is 1.44. The molecular formula is C28H24BrNO5. The Morgan fingerprint density at radius 3 is 2.00 bits per heavy atom. The number of amides is 2. The Labute approximate surface area is 211 Å². The zero-order chi connectivity index (χ0) is 24.9. The number of aryl methyl sites for hydroxylation is 2. The van der Waals surface area contributed by atoms with Gasteiger partial charge in [-0.25, -0.2) is 4.79 Å². The maximum atomic E-state index is 13.6. The number of carbonyl (C=O) groups excluding carboxylic acids is 4. The van der Waals surface area contributed by atoms with Crippen molar-refractivity contribution in [3.8, 4) is 0 Å². The number of benzene rings is 3. The molecule has 3 aromatic rings. The van der Waals surface area contributed by atoms with Gasteiger partial charge in [-0.2, -0.15) is 0 Å². The second-order valence-electron chi connectivity index (χ2n) is 9.46. The summed E-state index contributed by atoms with van der Waals surface area (Å²) in [5, 5.41) is 1.68. The van der Waals surface area contributed by atoms with Crippen LogP contribution in [0, 0.1) is 5.92 Å². The quantitative estimate of drug-likeness (QED) is 0.238. The monoisotopic (exact) mass is 533 g/mol. The molecule has 1 heterocycles. The van der Waals surface area contributed by atoms with Crippen LogP contribution in [0.2, 0.25) is 0 Å². The van der Waals surface area contributed by atoms with E-state index in [0.717, 1.165) is 38.7 Å². The summed E-state index contributed by atoms with van der Waals surface area (Å²) in [6.07, 6.45) is 2.00. The maximum Gasteiger partial charge on any atom is 0.329 e. The van der Waals surface area contributed by atoms with Crippen LogP contribution in [0.15, 0.2) is 53.0 Å². The summed E-state index contributed by atoms with van der Waals surface area (Å²) < 4.78 is 6.19. The first-order valence-corrected chi connectivity index (χ1v) is 12.5. The van der Waals surface area contributed by atoms with Crippen molar-refractivity contribution in [2.24, 2.45) is 5.92 Å². The highest BCUT2D eigenvalue weighted by Crippen LogP contribution is 2.39. The van der Waals surface area contributed by atoms with Crippen LogP contribution in [0.4, 0.5) is 0 Å². The van der Waals surface area contributed by atoms with E-state index in [4.69, 9.17) is 4.74 Å². The largest absolute Gasteiger partial charge is 0.456 e. The molecule has 0 unspecified atom stereocenters. The molecule has 6 nitrogen and oxygen atoms in total. The predicted molar refractivity (Wildman–Crippen MR) is 135 cm³/mol. The van der Waals surface area contributed by atoms with Gasteiger partial charge in [-0.15, -0.1) is 0 Å². The summed E-state index contributed by atoms with van der Waals surface area (Å²) in [4.78, 5) is 54.0. The molecule has 1 aliphatic carbocycles. The number of hydrogen-bond donors (Lipinski definition) is 0. The van der Waals surface area contributed by atoms with Crippen molar-refractivity contribution in [2.75, 3.05) is 6.61 Å². The van der Waals surface area contributed by atoms with Gasteiger partial charge in [0.1, 0.15) is 6.04 Å². The first-order valence-electron chi connectivity index (χ1n) is 11.7. The van der Waals surface area contributed by atoms with E-state index in [1.165, 1.54) is 0 Å². The van der Waals surface area contributed by atoms with Crippen molar-refractivity contribution < 1.29 is 23.9 Å². The molecule has 0 aromatic heterocycles. The van der Waals surface area contributed by atoms with Gasteiger partial charge < -0.3 is 4.74 Å². The number of rotatable bonds is 7. The molecule has 0 saturated heterocycles.